The van der Waals surface area contributed by atoms with Gasteiger partial charge in [-0.1, -0.05) is 47.6 Å². The quantitative estimate of drug-likeness (QED) is 0.486. The largest absolute Gasteiger partial charge is 0.484 e. The number of carbonyl (C=O) groups is 1. The van der Waals surface area contributed by atoms with Crippen LogP contribution in [0.1, 0.15) is 35.8 Å². The molecule has 1 fully saturated rings. The zero-order chi connectivity index (χ0) is 21.1. The average Bonchev–Trinajstić information content (AvgIpc) is 3.49. The zero-order valence-corrected chi connectivity index (χ0v) is 18.5. The minimum Gasteiger partial charge on any atom is -0.484 e. The number of aryl methyl sites for hydroxylation is 1. The standard InChI is InChI=1S/C22H23ClN4O2S/c1-14-6-5-8-18(15(14)2)24-21(28)13-30-22-26-25-20(27(22)16-10-11-16)12-29-19-9-4-3-7-17(19)23/h3-9,16H,10-13H2,1-2H3,(H,24,28). The highest BCUT2D eigenvalue weighted by Crippen LogP contribution is 2.39. The summed E-state index contributed by atoms with van der Waals surface area (Å²) in [5.74, 6) is 1.57. The second kappa shape index (κ2) is 9.10. The molecule has 8 heteroatoms. The molecule has 1 amide bonds. The van der Waals surface area contributed by atoms with Gasteiger partial charge in [-0.15, -0.1) is 10.2 Å². The van der Waals surface area contributed by atoms with Crippen molar-refractivity contribution in [3.05, 3.63) is 64.4 Å². The molecule has 1 aromatic heterocycles. The Kier molecular flexibility index (Phi) is 6.29. The number of aromatic nitrogens is 3. The number of rotatable bonds is 8. The molecule has 1 aliphatic rings. The van der Waals surface area contributed by atoms with E-state index in [0.29, 0.717) is 16.8 Å². The van der Waals surface area contributed by atoms with E-state index in [4.69, 9.17) is 16.3 Å². The predicted octanol–water partition coefficient (Wildman–Crippen LogP) is 5.19. The molecule has 4 rings (SSSR count). The molecule has 0 saturated heterocycles. The van der Waals surface area contributed by atoms with Crippen molar-refractivity contribution in [1.82, 2.24) is 14.8 Å². The van der Waals surface area contributed by atoms with Crippen LogP contribution in [0, 0.1) is 13.8 Å². The normalized spacial score (nSPS) is 13.3. The summed E-state index contributed by atoms with van der Waals surface area (Å²) in [6, 6.07) is 13.6. The molecule has 0 unspecified atom stereocenters. The first-order valence-corrected chi connectivity index (χ1v) is 11.2. The fourth-order valence-corrected chi connectivity index (χ4v) is 4.13. The first-order chi connectivity index (χ1) is 14.5. The number of halogens is 1. The topological polar surface area (TPSA) is 69.0 Å². The van der Waals surface area contributed by atoms with Gasteiger partial charge in [0.05, 0.1) is 10.8 Å². The molecule has 6 nitrogen and oxygen atoms in total. The number of nitrogens with zero attached hydrogens (tertiary/aromatic N) is 3. The molecule has 0 radical (unpaired) electrons. The molecule has 156 valence electrons. The number of carbonyl (C=O) groups excluding carboxylic acids is 1. The van der Waals surface area contributed by atoms with E-state index >= 15 is 0 Å². The van der Waals surface area contributed by atoms with Crippen molar-refractivity contribution in [2.75, 3.05) is 11.1 Å². The van der Waals surface area contributed by atoms with Crippen molar-refractivity contribution >= 4 is 35.0 Å². The van der Waals surface area contributed by atoms with Crippen LogP contribution in [0.2, 0.25) is 5.02 Å². The number of anilines is 1. The maximum Gasteiger partial charge on any atom is 0.234 e. The minimum atomic E-state index is -0.0621. The smallest absolute Gasteiger partial charge is 0.234 e. The molecule has 1 aliphatic carbocycles. The van der Waals surface area contributed by atoms with Crippen LogP contribution in [0.4, 0.5) is 5.69 Å². The third kappa shape index (κ3) is 4.79. The van der Waals surface area contributed by atoms with Gasteiger partial charge in [0.2, 0.25) is 5.91 Å². The van der Waals surface area contributed by atoms with Crippen molar-refractivity contribution in [3.63, 3.8) is 0 Å². The van der Waals surface area contributed by atoms with Gasteiger partial charge in [0.25, 0.3) is 0 Å². The first-order valence-electron chi connectivity index (χ1n) is 9.83. The maximum absolute atomic E-state index is 12.5. The van der Waals surface area contributed by atoms with E-state index in [-0.39, 0.29) is 18.3 Å². The number of thioether (sulfide) groups is 1. The van der Waals surface area contributed by atoms with Crippen LogP contribution in [-0.4, -0.2) is 26.4 Å². The summed E-state index contributed by atoms with van der Waals surface area (Å²) in [6.07, 6.45) is 2.17. The number of ether oxygens (including phenoxy) is 1. The van der Waals surface area contributed by atoms with Gasteiger partial charge in [-0.05, 0) is 56.0 Å². The molecule has 3 aromatic rings. The lowest BCUT2D eigenvalue weighted by Crippen LogP contribution is -2.16. The van der Waals surface area contributed by atoms with Gasteiger partial charge in [0, 0.05) is 11.7 Å². The van der Waals surface area contributed by atoms with Crippen LogP contribution >= 0.6 is 23.4 Å². The van der Waals surface area contributed by atoms with E-state index in [1.54, 1.807) is 6.07 Å². The van der Waals surface area contributed by atoms with Crippen LogP contribution in [-0.2, 0) is 11.4 Å². The van der Waals surface area contributed by atoms with Crippen LogP contribution < -0.4 is 10.1 Å². The van der Waals surface area contributed by atoms with Crippen molar-refractivity contribution in [2.24, 2.45) is 0 Å². The number of nitrogens with one attached hydrogen (secondary N) is 1. The number of benzene rings is 2. The lowest BCUT2D eigenvalue weighted by molar-refractivity contribution is -0.113. The second-order valence-corrected chi connectivity index (χ2v) is 8.65. The Morgan fingerprint density at radius 3 is 2.77 bits per heavy atom. The van der Waals surface area contributed by atoms with Gasteiger partial charge in [0.15, 0.2) is 11.0 Å². The van der Waals surface area contributed by atoms with E-state index in [0.717, 1.165) is 40.6 Å². The summed E-state index contributed by atoms with van der Waals surface area (Å²) < 4.78 is 7.93. The van der Waals surface area contributed by atoms with Crippen LogP contribution in [0.5, 0.6) is 5.75 Å². The maximum atomic E-state index is 12.5. The highest BCUT2D eigenvalue weighted by atomic mass is 35.5. The van der Waals surface area contributed by atoms with E-state index in [9.17, 15) is 4.79 Å². The Bertz CT molecular complexity index is 1070. The van der Waals surface area contributed by atoms with Crippen molar-refractivity contribution < 1.29 is 9.53 Å². The molecular formula is C22H23ClN4O2S. The summed E-state index contributed by atoms with van der Waals surface area (Å²) in [4.78, 5) is 12.5. The number of amides is 1. The summed E-state index contributed by atoms with van der Waals surface area (Å²) in [6.45, 7) is 4.32. The van der Waals surface area contributed by atoms with Crippen LogP contribution in [0.15, 0.2) is 47.6 Å². The van der Waals surface area contributed by atoms with Gasteiger partial charge in [0.1, 0.15) is 12.4 Å². The Labute approximate surface area is 185 Å². The molecular weight excluding hydrogens is 420 g/mol. The molecule has 1 N–H and O–H groups in total. The lowest BCUT2D eigenvalue weighted by atomic mass is 10.1. The predicted molar refractivity (Wildman–Crippen MR) is 119 cm³/mol. The third-order valence-corrected chi connectivity index (χ3v) is 6.31. The summed E-state index contributed by atoms with van der Waals surface area (Å²) >= 11 is 7.56. The average molecular weight is 443 g/mol. The number of para-hydroxylation sites is 1. The third-order valence-electron chi connectivity index (χ3n) is 5.05. The van der Waals surface area contributed by atoms with Gasteiger partial charge in [-0.2, -0.15) is 0 Å². The number of hydrogen-bond donors (Lipinski definition) is 1. The summed E-state index contributed by atoms with van der Waals surface area (Å²) in [7, 11) is 0. The fourth-order valence-electron chi connectivity index (χ4n) is 3.11. The molecule has 0 aliphatic heterocycles. The van der Waals surface area contributed by atoms with E-state index in [1.807, 2.05) is 50.2 Å². The molecule has 2 aromatic carbocycles. The molecule has 30 heavy (non-hydrogen) atoms. The van der Waals surface area contributed by atoms with E-state index in [1.165, 1.54) is 11.8 Å². The van der Waals surface area contributed by atoms with E-state index in [2.05, 4.69) is 20.1 Å². The molecule has 0 atom stereocenters. The van der Waals surface area contributed by atoms with Crippen LogP contribution in [0.3, 0.4) is 0 Å². The van der Waals surface area contributed by atoms with Crippen LogP contribution in [0.25, 0.3) is 0 Å². The molecule has 0 spiro atoms. The Balaban J connectivity index is 1.40. The molecule has 1 saturated carbocycles. The van der Waals surface area contributed by atoms with Crippen molar-refractivity contribution in [2.45, 2.75) is 44.5 Å². The van der Waals surface area contributed by atoms with Crippen molar-refractivity contribution in [3.8, 4) is 5.75 Å². The second-order valence-electron chi connectivity index (χ2n) is 7.30. The molecule has 0 bridgehead atoms. The first kappa shape index (κ1) is 20.8. The summed E-state index contributed by atoms with van der Waals surface area (Å²) in [5, 5.41) is 12.9. The number of hydrogen-bond acceptors (Lipinski definition) is 5. The van der Waals surface area contributed by atoms with Gasteiger partial charge >= 0.3 is 0 Å². The Morgan fingerprint density at radius 1 is 1.20 bits per heavy atom. The summed E-state index contributed by atoms with van der Waals surface area (Å²) in [5.41, 5.74) is 3.08. The fraction of sp³-hybridized carbons (Fsp3) is 0.318. The van der Waals surface area contributed by atoms with Gasteiger partial charge < -0.3 is 10.1 Å². The van der Waals surface area contributed by atoms with Crippen molar-refractivity contribution in [1.29, 1.82) is 0 Å². The van der Waals surface area contributed by atoms with E-state index < -0.39 is 0 Å². The Morgan fingerprint density at radius 2 is 2.00 bits per heavy atom. The monoisotopic (exact) mass is 442 g/mol. The SMILES string of the molecule is Cc1cccc(NC(=O)CSc2nnc(COc3ccccc3Cl)n2C2CC2)c1C. The zero-order valence-electron chi connectivity index (χ0n) is 16.9. The van der Waals surface area contributed by atoms with Gasteiger partial charge in [-0.25, -0.2) is 0 Å². The Hall–Kier alpha value is -2.51. The minimum absolute atomic E-state index is 0.0621. The highest BCUT2D eigenvalue weighted by molar-refractivity contribution is 7.99. The highest BCUT2D eigenvalue weighted by Gasteiger charge is 2.30. The van der Waals surface area contributed by atoms with Gasteiger partial charge in [-0.3, -0.25) is 9.36 Å². The lowest BCUT2D eigenvalue weighted by Gasteiger charge is -2.12. The molecule has 1 heterocycles.